The average Bonchev–Trinajstić information content (AvgIpc) is 2.59. The maximum Gasteiger partial charge on any atom is 0.226 e. The molecule has 23 heavy (non-hydrogen) atoms. The first kappa shape index (κ1) is 15.9. The van der Waals surface area contributed by atoms with E-state index in [1.54, 1.807) is 0 Å². The van der Waals surface area contributed by atoms with Crippen LogP contribution >= 0.6 is 11.6 Å². The largest absolute Gasteiger partial charge is 0.492 e. The van der Waals surface area contributed by atoms with E-state index >= 15 is 0 Å². The van der Waals surface area contributed by atoms with Crippen molar-refractivity contribution in [1.82, 2.24) is 5.32 Å². The van der Waals surface area contributed by atoms with Crippen molar-refractivity contribution in [1.29, 1.82) is 0 Å². The predicted octanol–water partition coefficient (Wildman–Crippen LogP) is 3.81. The molecule has 0 aliphatic carbocycles. The number of hydrogen-bond acceptors (Lipinski definition) is 2. The van der Waals surface area contributed by atoms with Crippen molar-refractivity contribution >= 4 is 17.5 Å². The molecule has 2 atom stereocenters. The number of nitrogens with one attached hydrogen (secondary N) is 1. The zero-order valence-electron chi connectivity index (χ0n) is 13.1. The van der Waals surface area contributed by atoms with E-state index in [2.05, 4.69) is 24.4 Å². The van der Waals surface area contributed by atoms with E-state index in [0.29, 0.717) is 24.6 Å². The van der Waals surface area contributed by atoms with E-state index in [0.717, 1.165) is 11.3 Å². The molecule has 1 N–H and O–H groups in total. The molecular formula is C19H20ClNO2. The Morgan fingerprint density at radius 3 is 2.87 bits per heavy atom. The van der Waals surface area contributed by atoms with Crippen LogP contribution in [0.3, 0.4) is 0 Å². The molecule has 4 heteroatoms. The van der Waals surface area contributed by atoms with Gasteiger partial charge in [0.2, 0.25) is 5.91 Å². The molecule has 0 bridgehead atoms. The van der Waals surface area contributed by atoms with Crippen LogP contribution in [0.1, 0.15) is 24.0 Å². The molecule has 2 aromatic rings. The molecule has 0 spiro atoms. The maximum absolute atomic E-state index is 12.4. The first-order chi connectivity index (χ1) is 11.1. The highest BCUT2D eigenvalue weighted by atomic mass is 35.5. The third-order valence-electron chi connectivity index (χ3n) is 4.25. The van der Waals surface area contributed by atoms with Gasteiger partial charge in [-0.25, -0.2) is 0 Å². The molecule has 1 amide bonds. The van der Waals surface area contributed by atoms with Crippen LogP contribution < -0.4 is 10.1 Å². The van der Waals surface area contributed by atoms with E-state index in [9.17, 15) is 4.79 Å². The number of ether oxygens (including phenoxy) is 1. The van der Waals surface area contributed by atoms with Crippen LogP contribution in [0.4, 0.5) is 0 Å². The quantitative estimate of drug-likeness (QED) is 0.926. The molecule has 3 rings (SSSR count). The van der Waals surface area contributed by atoms with Gasteiger partial charge in [-0.15, -0.1) is 0 Å². The Morgan fingerprint density at radius 2 is 2.09 bits per heavy atom. The van der Waals surface area contributed by atoms with Crippen LogP contribution in [0.25, 0.3) is 0 Å². The van der Waals surface area contributed by atoms with Gasteiger partial charge in [0.15, 0.2) is 0 Å². The fourth-order valence-electron chi connectivity index (χ4n) is 2.83. The van der Waals surface area contributed by atoms with Crippen LogP contribution in [0, 0.1) is 5.92 Å². The zero-order valence-corrected chi connectivity index (χ0v) is 13.8. The summed E-state index contributed by atoms with van der Waals surface area (Å²) in [4.78, 5) is 12.4. The van der Waals surface area contributed by atoms with Gasteiger partial charge in [0.1, 0.15) is 12.4 Å². The van der Waals surface area contributed by atoms with Crippen molar-refractivity contribution in [2.75, 3.05) is 13.2 Å². The van der Waals surface area contributed by atoms with Gasteiger partial charge >= 0.3 is 0 Å². The fourth-order valence-corrected chi connectivity index (χ4v) is 3.02. The van der Waals surface area contributed by atoms with Gasteiger partial charge in [-0.3, -0.25) is 4.79 Å². The highest BCUT2D eigenvalue weighted by Gasteiger charge is 2.26. The summed E-state index contributed by atoms with van der Waals surface area (Å²) in [5, 5.41) is 3.72. The molecule has 0 radical (unpaired) electrons. The number of halogens is 1. The Kier molecular flexibility index (Phi) is 4.87. The summed E-state index contributed by atoms with van der Waals surface area (Å²) in [6, 6.07) is 15.7. The van der Waals surface area contributed by atoms with Crippen molar-refractivity contribution in [3.8, 4) is 5.75 Å². The van der Waals surface area contributed by atoms with Crippen LogP contribution in [0.15, 0.2) is 48.5 Å². The SMILES string of the molecule is C[C@@H](CNC(=O)[C@@H]1COc2ccc(Cl)cc2C1)c1ccccc1. The number of hydrogen-bond donors (Lipinski definition) is 1. The Hall–Kier alpha value is -2.00. The minimum atomic E-state index is -0.163. The molecule has 2 aromatic carbocycles. The molecule has 0 unspecified atom stereocenters. The third kappa shape index (κ3) is 3.85. The van der Waals surface area contributed by atoms with E-state index < -0.39 is 0 Å². The summed E-state index contributed by atoms with van der Waals surface area (Å²) < 4.78 is 5.68. The molecular weight excluding hydrogens is 310 g/mol. The average molecular weight is 330 g/mol. The van der Waals surface area contributed by atoms with Gasteiger partial charge in [0, 0.05) is 11.6 Å². The minimum Gasteiger partial charge on any atom is -0.492 e. The standard InChI is InChI=1S/C19H20ClNO2/c1-13(14-5-3-2-4-6-14)11-21-19(22)16-9-15-10-17(20)7-8-18(15)23-12-16/h2-8,10,13,16H,9,11-12H2,1H3,(H,21,22)/t13-,16-/m0/s1. The summed E-state index contributed by atoms with van der Waals surface area (Å²) in [5.74, 6) is 0.991. The third-order valence-corrected chi connectivity index (χ3v) is 4.49. The molecule has 0 saturated carbocycles. The molecule has 1 aliphatic rings. The lowest BCUT2D eigenvalue weighted by atomic mass is 9.95. The molecule has 120 valence electrons. The topological polar surface area (TPSA) is 38.3 Å². The summed E-state index contributed by atoms with van der Waals surface area (Å²) >= 11 is 6.02. The van der Waals surface area contributed by atoms with Crippen molar-refractivity contribution in [3.63, 3.8) is 0 Å². The monoisotopic (exact) mass is 329 g/mol. The van der Waals surface area contributed by atoms with E-state index in [1.165, 1.54) is 5.56 Å². The first-order valence-electron chi connectivity index (χ1n) is 7.87. The summed E-state index contributed by atoms with van der Waals surface area (Å²) in [6.45, 7) is 3.16. The van der Waals surface area contributed by atoms with Gasteiger partial charge in [-0.05, 0) is 41.7 Å². The van der Waals surface area contributed by atoms with Crippen LogP contribution in [-0.4, -0.2) is 19.1 Å². The summed E-state index contributed by atoms with van der Waals surface area (Å²) in [7, 11) is 0. The summed E-state index contributed by atoms with van der Waals surface area (Å²) in [5.41, 5.74) is 2.23. The molecule has 1 heterocycles. The highest BCUT2D eigenvalue weighted by molar-refractivity contribution is 6.30. The lowest BCUT2D eigenvalue weighted by molar-refractivity contribution is -0.126. The number of rotatable bonds is 4. The van der Waals surface area contributed by atoms with E-state index in [1.807, 2.05) is 36.4 Å². The second kappa shape index (κ2) is 7.05. The smallest absolute Gasteiger partial charge is 0.226 e. The molecule has 0 fully saturated rings. The zero-order chi connectivity index (χ0) is 16.2. The number of carbonyl (C=O) groups excluding carboxylic acids is 1. The molecule has 1 aliphatic heterocycles. The number of amides is 1. The molecule has 3 nitrogen and oxygen atoms in total. The number of carbonyl (C=O) groups is 1. The highest BCUT2D eigenvalue weighted by Crippen LogP contribution is 2.29. The number of benzene rings is 2. The Bertz CT molecular complexity index is 687. The van der Waals surface area contributed by atoms with Crippen molar-refractivity contribution in [2.24, 2.45) is 5.92 Å². The van der Waals surface area contributed by atoms with Gasteiger partial charge in [-0.2, -0.15) is 0 Å². The van der Waals surface area contributed by atoms with Crippen molar-refractivity contribution < 1.29 is 9.53 Å². The maximum atomic E-state index is 12.4. The minimum absolute atomic E-state index is 0.0402. The Morgan fingerprint density at radius 1 is 1.30 bits per heavy atom. The second-order valence-electron chi connectivity index (χ2n) is 6.02. The van der Waals surface area contributed by atoms with Crippen molar-refractivity contribution in [3.05, 3.63) is 64.7 Å². The van der Waals surface area contributed by atoms with Crippen LogP contribution in [0.5, 0.6) is 5.75 Å². The van der Waals surface area contributed by atoms with Gasteiger partial charge < -0.3 is 10.1 Å². The second-order valence-corrected chi connectivity index (χ2v) is 6.46. The fraction of sp³-hybridized carbons (Fsp3) is 0.316. The number of fused-ring (bicyclic) bond motifs is 1. The van der Waals surface area contributed by atoms with E-state index in [4.69, 9.17) is 16.3 Å². The summed E-state index contributed by atoms with van der Waals surface area (Å²) in [6.07, 6.45) is 0.668. The van der Waals surface area contributed by atoms with E-state index in [-0.39, 0.29) is 17.7 Å². The van der Waals surface area contributed by atoms with Crippen LogP contribution in [0.2, 0.25) is 5.02 Å². The lowest BCUT2D eigenvalue weighted by Gasteiger charge is -2.25. The van der Waals surface area contributed by atoms with Gasteiger partial charge in [0.25, 0.3) is 0 Å². The Balaban J connectivity index is 1.57. The van der Waals surface area contributed by atoms with Gasteiger partial charge in [0.05, 0.1) is 5.92 Å². The van der Waals surface area contributed by atoms with Crippen molar-refractivity contribution in [2.45, 2.75) is 19.3 Å². The molecule has 0 saturated heterocycles. The Labute approximate surface area is 141 Å². The first-order valence-corrected chi connectivity index (χ1v) is 8.25. The molecule has 0 aromatic heterocycles. The lowest BCUT2D eigenvalue weighted by Crippen LogP contribution is -2.38. The normalized spacial score (nSPS) is 17.7. The van der Waals surface area contributed by atoms with Crippen LogP contribution in [-0.2, 0) is 11.2 Å². The van der Waals surface area contributed by atoms with Gasteiger partial charge in [-0.1, -0.05) is 48.9 Å². The predicted molar refractivity (Wildman–Crippen MR) is 92.0 cm³/mol.